The summed E-state index contributed by atoms with van der Waals surface area (Å²) in [6.45, 7) is 1.43. The first-order valence-electron chi connectivity index (χ1n) is 6.84. The smallest absolute Gasteiger partial charge is 0.338 e. The Balaban J connectivity index is 1.92. The molecule has 24 heavy (non-hydrogen) atoms. The molecule has 0 radical (unpaired) electrons. The van der Waals surface area contributed by atoms with E-state index in [-0.39, 0.29) is 5.69 Å². The van der Waals surface area contributed by atoms with Crippen molar-refractivity contribution < 1.29 is 19.2 Å². The molecular formula is C16H13BrN2O5. The number of benzene rings is 2. The predicted octanol–water partition coefficient (Wildman–Crippen LogP) is 3.46. The molecule has 0 aromatic heterocycles. The number of esters is 1. The van der Waals surface area contributed by atoms with Gasteiger partial charge in [0.25, 0.3) is 11.6 Å². The van der Waals surface area contributed by atoms with Gasteiger partial charge in [0.15, 0.2) is 6.61 Å². The normalized spacial score (nSPS) is 10.1. The van der Waals surface area contributed by atoms with Crippen molar-refractivity contribution in [1.29, 1.82) is 0 Å². The molecule has 1 amide bonds. The van der Waals surface area contributed by atoms with Crippen molar-refractivity contribution in [2.45, 2.75) is 6.92 Å². The molecule has 7 nitrogen and oxygen atoms in total. The Morgan fingerprint density at radius 3 is 2.46 bits per heavy atom. The molecule has 124 valence electrons. The molecule has 0 atom stereocenters. The number of aryl methyl sites for hydroxylation is 1. The maximum Gasteiger partial charge on any atom is 0.338 e. The molecule has 0 aliphatic heterocycles. The third-order valence-corrected chi connectivity index (χ3v) is 3.72. The third kappa shape index (κ3) is 4.63. The number of amides is 1. The van der Waals surface area contributed by atoms with Crippen LogP contribution >= 0.6 is 15.9 Å². The van der Waals surface area contributed by atoms with E-state index in [0.717, 1.165) is 5.56 Å². The summed E-state index contributed by atoms with van der Waals surface area (Å²) in [5.74, 6) is -1.15. The number of nitrogens with zero attached hydrogens (tertiary/aromatic N) is 1. The van der Waals surface area contributed by atoms with Crippen LogP contribution in [0.3, 0.4) is 0 Å². The summed E-state index contributed by atoms with van der Waals surface area (Å²) >= 11 is 3.14. The van der Waals surface area contributed by atoms with Gasteiger partial charge < -0.3 is 10.1 Å². The monoisotopic (exact) mass is 392 g/mol. The van der Waals surface area contributed by atoms with Gasteiger partial charge in [0.1, 0.15) is 0 Å². The second-order valence-electron chi connectivity index (χ2n) is 4.91. The van der Waals surface area contributed by atoms with Crippen molar-refractivity contribution in [1.82, 2.24) is 0 Å². The Bertz CT molecular complexity index is 790. The number of carbonyl (C=O) groups is 2. The molecule has 8 heteroatoms. The van der Waals surface area contributed by atoms with Crippen LogP contribution in [0, 0.1) is 17.0 Å². The number of non-ortho nitro benzene ring substituents is 1. The summed E-state index contributed by atoms with van der Waals surface area (Å²) < 4.78 is 5.29. The Hall–Kier alpha value is -2.74. The summed E-state index contributed by atoms with van der Waals surface area (Å²) in [4.78, 5) is 33.8. The van der Waals surface area contributed by atoms with E-state index >= 15 is 0 Å². The van der Waals surface area contributed by atoms with E-state index in [0.29, 0.717) is 15.7 Å². The molecule has 0 saturated carbocycles. The van der Waals surface area contributed by atoms with Gasteiger partial charge in [-0.3, -0.25) is 14.9 Å². The van der Waals surface area contributed by atoms with E-state index in [9.17, 15) is 19.7 Å². The van der Waals surface area contributed by atoms with Crippen LogP contribution in [0.25, 0.3) is 0 Å². The standard InChI is InChI=1S/C16H13BrN2O5/c1-10-2-4-11(5-3-10)16(21)24-9-15(20)18-14-7-6-12(19(22)23)8-13(14)17/h2-8H,9H2,1H3,(H,18,20). The number of carbonyl (C=O) groups excluding carboxylic acids is 2. The second-order valence-corrected chi connectivity index (χ2v) is 5.77. The fraction of sp³-hybridized carbons (Fsp3) is 0.125. The summed E-state index contributed by atoms with van der Waals surface area (Å²) in [6.07, 6.45) is 0. The molecule has 0 bridgehead atoms. The van der Waals surface area contributed by atoms with Gasteiger partial charge in [-0.2, -0.15) is 0 Å². The zero-order valence-electron chi connectivity index (χ0n) is 12.6. The molecule has 0 aliphatic carbocycles. The van der Waals surface area contributed by atoms with Gasteiger partial charge in [0, 0.05) is 16.6 Å². The highest BCUT2D eigenvalue weighted by molar-refractivity contribution is 9.10. The number of hydrogen-bond donors (Lipinski definition) is 1. The van der Waals surface area contributed by atoms with Crippen molar-refractivity contribution in [3.63, 3.8) is 0 Å². The fourth-order valence-corrected chi connectivity index (χ4v) is 2.28. The van der Waals surface area contributed by atoms with Crippen LogP contribution in [-0.4, -0.2) is 23.4 Å². The quantitative estimate of drug-likeness (QED) is 0.477. The summed E-state index contributed by atoms with van der Waals surface area (Å²) in [7, 11) is 0. The third-order valence-electron chi connectivity index (χ3n) is 3.06. The van der Waals surface area contributed by atoms with Crippen LogP contribution in [0.1, 0.15) is 15.9 Å². The summed E-state index contributed by atoms with van der Waals surface area (Å²) in [6, 6.07) is 10.7. The predicted molar refractivity (Wildman–Crippen MR) is 90.9 cm³/mol. The second kappa shape index (κ2) is 7.69. The topological polar surface area (TPSA) is 98.5 Å². The number of hydrogen-bond acceptors (Lipinski definition) is 5. The fourth-order valence-electron chi connectivity index (χ4n) is 1.81. The van der Waals surface area contributed by atoms with Crippen LogP contribution < -0.4 is 5.32 Å². The number of rotatable bonds is 5. The Kier molecular flexibility index (Phi) is 5.64. The minimum atomic E-state index is -0.604. The highest BCUT2D eigenvalue weighted by Crippen LogP contribution is 2.27. The molecular weight excluding hydrogens is 380 g/mol. The van der Waals surface area contributed by atoms with Gasteiger partial charge in [-0.1, -0.05) is 17.7 Å². The number of anilines is 1. The molecule has 0 fully saturated rings. The molecule has 2 rings (SSSR count). The van der Waals surface area contributed by atoms with E-state index in [1.54, 1.807) is 24.3 Å². The van der Waals surface area contributed by atoms with Crippen LogP contribution in [0.15, 0.2) is 46.9 Å². The average Bonchev–Trinajstić information content (AvgIpc) is 2.55. The van der Waals surface area contributed by atoms with Gasteiger partial charge in [0.2, 0.25) is 0 Å². The van der Waals surface area contributed by atoms with Crippen molar-refractivity contribution in [3.05, 3.63) is 68.2 Å². The van der Waals surface area contributed by atoms with Crippen molar-refractivity contribution in [3.8, 4) is 0 Å². The number of ether oxygens (including phenoxy) is 1. The molecule has 0 spiro atoms. The Labute approximate surface area is 145 Å². The van der Waals surface area contributed by atoms with E-state index in [1.165, 1.54) is 18.2 Å². The van der Waals surface area contributed by atoms with Gasteiger partial charge in [-0.25, -0.2) is 4.79 Å². The Morgan fingerprint density at radius 2 is 1.88 bits per heavy atom. The number of nitro benzene ring substituents is 1. The van der Waals surface area contributed by atoms with Crippen molar-refractivity contribution in [2.24, 2.45) is 0 Å². The van der Waals surface area contributed by atoms with Gasteiger partial charge in [-0.05, 0) is 41.1 Å². The lowest BCUT2D eigenvalue weighted by Crippen LogP contribution is -2.21. The highest BCUT2D eigenvalue weighted by atomic mass is 79.9. The lowest BCUT2D eigenvalue weighted by molar-refractivity contribution is -0.384. The van der Waals surface area contributed by atoms with Crippen LogP contribution in [0.5, 0.6) is 0 Å². The lowest BCUT2D eigenvalue weighted by Gasteiger charge is -2.08. The van der Waals surface area contributed by atoms with E-state index in [4.69, 9.17) is 4.74 Å². The molecule has 0 saturated heterocycles. The van der Waals surface area contributed by atoms with Crippen LogP contribution in [0.4, 0.5) is 11.4 Å². The zero-order chi connectivity index (χ0) is 17.7. The first-order chi connectivity index (χ1) is 11.4. The summed E-state index contributed by atoms with van der Waals surface area (Å²) in [5.41, 5.74) is 1.60. The Morgan fingerprint density at radius 1 is 1.21 bits per heavy atom. The van der Waals surface area contributed by atoms with Crippen molar-refractivity contribution in [2.75, 3.05) is 11.9 Å². The van der Waals surface area contributed by atoms with Gasteiger partial charge in [0.05, 0.1) is 16.2 Å². The zero-order valence-corrected chi connectivity index (χ0v) is 14.2. The average molecular weight is 393 g/mol. The van der Waals surface area contributed by atoms with Crippen LogP contribution in [-0.2, 0) is 9.53 Å². The van der Waals surface area contributed by atoms with Crippen LogP contribution in [0.2, 0.25) is 0 Å². The number of nitrogens with one attached hydrogen (secondary N) is 1. The molecule has 2 aromatic carbocycles. The molecule has 1 N–H and O–H groups in total. The molecule has 0 unspecified atom stereocenters. The SMILES string of the molecule is Cc1ccc(C(=O)OCC(=O)Nc2ccc([N+](=O)[O-])cc2Br)cc1. The number of nitro groups is 1. The maximum atomic E-state index is 11.8. The van der Waals surface area contributed by atoms with Crippen molar-refractivity contribution >= 4 is 39.2 Å². The largest absolute Gasteiger partial charge is 0.452 e. The maximum absolute atomic E-state index is 11.8. The first kappa shape index (κ1) is 17.6. The highest BCUT2D eigenvalue weighted by Gasteiger charge is 2.13. The first-order valence-corrected chi connectivity index (χ1v) is 7.63. The number of halogens is 1. The van der Waals surface area contributed by atoms with Gasteiger partial charge in [-0.15, -0.1) is 0 Å². The molecule has 2 aromatic rings. The lowest BCUT2D eigenvalue weighted by atomic mass is 10.1. The molecule has 0 heterocycles. The van der Waals surface area contributed by atoms with E-state index in [1.807, 2.05) is 6.92 Å². The van der Waals surface area contributed by atoms with E-state index < -0.39 is 23.4 Å². The minimum Gasteiger partial charge on any atom is -0.452 e. The van der Waals surface area contributed by atoms with E-state index in [2.05, 4.69) is 21.2 Å². The summed E-state index contributed by atoms with van der Waals surface area (Å²) in [5, 5.41) is 13.2. The van der Waals surface area contributed by atoms with Gasteiger partial charge >= 0.3 is 5.97 Å². The molecule has 0 aliphatic rings. The minimum absolute atomic E-state index is 0.106.